The number of aliphatic hydroxyl groups is 2. The van der Waals surface area contributed by atoms with Crippen molar-refractivity contribution in [2.24, 2.45) is 41.4 Å². The molecule has 526 valence electrons. The van der Waals surface area contributed by atoms with Gasteiger partial charge in [-0.1, -0.05) is 113 Å². The number of hydrogen-bond donors (Lipinski definition) is 7. The average Bonchev–Trinajstić information content (AvgIpc) is 1.09. The second kappa shape index (κ2) is 38.7. The van der Waals surface area contributed by atoms with Crippen LogP contribution in [0.15, 0.2) is 47.4 Å². The highest BCUT2D eigenvalue weighted by Gasteiger charge is 2.45. The molecular formula is C68H115N11O13S. The second-order valence-corrected chi connectivity index (χ2v) is 28.8. The highest BCUT2D eigenvalue weighted by Crippen LogP contribution is 2.27. The van der Waals surface area contributed by atoms with Crippen LogP contribution in [0.25, 0.3) is 0 Å². The minimum absolute atomic E-state index is 0.0783. The van der Waals surface area contributed by atoms with Crippen molar-refractivity contribution in [3.8, 4) is 0 Å². The van der Waals surface area contributed by atoms with E-state index in [0.29, 0.717) is 5.75 Å². The number of rotatable bonds is 19. The molecule has 1 heterocycles. The molecule has 1 aliphatic heterocycles. The fourth-order valence-electron chi connectivity index (χ4n) is 11.4. The van der Waals surface area contributed by atoms with Crippen LogP contribution in [0.4, 0.5) is 0 Å². The highest BCUT2D eigenvalue weighted by atomic mass is 32.2. The van der Waals surface area contributed by atoms with Gasteiger partial charge in [0, 0.05) is 52.9 Å². The summed E-state index contributed by atoms with van der Waals surface area (Å²) in [7, 11) is 8.20. The summed E-state index contributed by atoms with van der Waals surface area (Å²) in [6.45, 7) is 27.0. The summed E-state index contributed by atoms with van der Waals surface area (Å²) in [5.74, 6) is -10.0. The minimum Gasteiger partial charge on any atom is -0.391 e. The largest absolute Gasteiger partial charge is 0.391 e. The molecule has 0 aromatic heterocycles. The summed E-state index contributed by atoms with van der Waals surface area (Å²) < 4.78 is 0. The van der Waals surface area contributed by atoms with Crippen LogP contribution in [0, 0.1) is 41.4 Å². The Morgan fingerprint density at radius 3 is 1.41 bits per heavy atom. The standard InChI is InChI=1S/C68H115N11O13S/c1-23-24-28-44(13)58(82)57-63(87)73-55(47(16)80)67(91)74(17)36-54(81)75(18)51(33-40(6)7)61(85)71-49(31-38(2)3)65(89)77(20)52(34-41(8)9)60(84)69-45(14)59(83)70-46(15)64(88)76(19)53(35-43(12)37-93-48-29-26-25-27-30-48)62(86)72-50(32-39(4)5)66(90)78(21)56(42(10)11)68(92)79(57)22/h23-27,29-30,38-47,49-53,55-58,80,82H,28,31-37H2,1-22H3,(H,69,84)(H,70,83)(H,71,85)(H,72,86)(H,73,87)/b24-23+/t43-,44+,45-,46+,47?,49-,50-,51-,52-,53-,55-,56-,57-,58+/m0/s1. The Hall–Kier alpha value is -6.60. The second-order valence-electron chi connectivity index (χ2n) is 27.7. The van der Waals surface area contributed by atoms with E-state index in [1.54, 1.807) is 51.6 Å². The lowest BCUT2D eigenvalue weighted by molar-refractivity contribution is -0.155. The molecule has 14 atom stereocenters. The predicted molar refractivity (Wildman–Crippen MR) is 361 cm³/mol. The molecule has 1 aromatic carbocycles. The number of amides is 11. The molecule has 0 radical (unpaired) electrons. The number of thioether (sulfide) groups is 1. The zero-order chi connectivity index (χ0) is 71.2. The van der Waals surface area contributed by atoms with E-state index >= 15 is 14.4 Å². The predicted octanol–water partition coefficient (Wildman–Crippen LogP) is 4.06. The zero-order valence-corrected chi connectivity index (χ0v) is 60.5. The smallest absolute Gasteiger partial charge is 0.248 e. The van der Waals surface area contributed by atoms with Gasteiger partial charge in [0.1, 0.15) is 60.4 Å². The maximum atomic E-state index is 15.2. The summed E-state index contributed by atoms with van der Waals surface area (Å²) in [5.41, 5.74) is 0. The number of benzene rings is 1. The first-order chi connectivity index (χ1) is 43.2. The van der Waals surface area contributed by atoms with E-state index in [1.807, 2.05) is 92.6 Å². The number of carbonyl (C=O) groups excluding carboxylic acids is 11. The summed E-state index contributed by atoms with van der Waals surface area (Å²) in [6, 6.07) is -3.78. The van der Waals surface area contributed by atoms with Crippen LogP contribution in [0.5, 0.6) is 0 Å². The number of nitrogens with one attached hydrogen (secondary N) is 5. The molecule has 11 amide bonds. The van der Waals surface area contributed by atoms with Crippen molar-refractivity contribution in [3.05, 3.63) is 42.5 Å². The summed E-state index contributed by atoms with van der Waals surface area (Å²) in [4.78, 5) is 169. The maximum Gasteiger partial charge on any atom is 0.248 e. The molecular weight excluding hydrogens is 1210 g/mol. The fourth-order valence-corrected chi connectivity index (χ4v) is 12.4. The van der Waals surface area contributed by atoms with Crippen LogP contribution in [0.2, 0.25) is 0 Å². The zero-order valence-electron chi connectivity index (χ0n) is 59.6. The lowest BCUT2D eigenvalue weighted by Crippen LogP contribution is -2.64. The Labute approximate surface area is 558 Å². The van der Waals surface area contributed by atoms with E-state index in [2.05, 4.69) is 26.6 Å². The van der Waals surface area contributed by atoms with Crippen LogP contribution in [0.3, 0.4) is 0 Å². The number of carbonyl (C=O) groups is 11. The van der Waals surface area contributed by atoms with E-state index in [1.165, 1.54) is 77.8 Å². The molecule has 7 N–H and O–H groups in total. The number of aliphatic hydroxyl groups excluding tert-OH is 2. The molecule has 1 unspecified atom stereocenters. The van der Waals surface area contributed by atoms with Crippen molar-refractivity contribution in [1.29, 1.82) is 0 Å². The van der Waals surface area contributed by atoms with Gasteiger partial charge in [0.2, 0.25) is 65.0 Å². The van der Waals surface area contributed by atoms with Crippen LogP contribution in [-0.2, 0) is 52.7 Å². The third kappa shape index (κ3) is 24.9. The SMILES string of the molecule is C/C=C/C[C@@H](C)[C@@H](O)[C@H]1C(=O)N[C@@H](C(C)O)C(=O)N(C)CC(=O)N(C)[C@@H](CC(C)C)C(=O)N[C@@H](CC(C)C)C(=O)N(C)[C@@H](CC(C)C)C(=O)N[C@@H](C)C(=O)N[C@H](C)C(=O)N(C)[C@@H](C[C@H](C)CSc2ccccc2)C(=O)N[C@@H](CC(C)C)C(=O)N(C)[C@@H](C(C)C)C(=O)N1C. The van der Waals surface area contributed by atoms with Gasteiger partial charge in [-0.3, -0.25) is 52.7 Å². The van der Waals surface area contributed by atoms with Crippen molar-refractivity contribution < 1.29 is 63.0 Å². The third-order valence-corrected chi connectivity index (χ3v) is 18.3. The fraction of sp³-hybridized carbons (Fsp3) is 0.721. The van der Waals surface area contributed by atoms with Gasteiger partial charge in [-0.05, 0) is 120 Å². The van der Waals surface area contributed by atoms with Crippen molar-refractivity contribution in [1.82, 2.24) is 56.0 Å². The molecule has 0 saturated carbocycles. The van der Waals surface area contributed by atoms with Gasteiger partial charge in [-0.2, -0.15) is 0 Å². The van der Waals surface area contributed by atoms with E-state index in [-0.39, 0.29) is 68.1 Å². The molecule has 1 fully saturated rings. The summed E-state index contributed by atoms with van der Waals surface area (Å²) in [5, 5.41) is 37.2. The number of likely N-dealkylation sites (N-methyl/N-ethyl adjacent to an activating group) is 6. The Bertz CT molecular complexity index is 2690. The molecule has 1 aliphatic rings. The van der Waals surface area contributed by atoms with E-state index < -0.39 is 156 Å². The normalized spacial score (nSPS) is 26.1. The molecule has 1 saturated heterocycles. The highest BCUT2D eigenvalue weighted by molar-refractivity contribution is 7.99. The molecule has 0 spiro atoms. The first-order valence-corrected chi connectivity index (χ1v) is 33.9. The lowest BCUT2D eigenvalue weighted by Gasteiger charge is -2.40. The van der Waals surface area contributed by atoms with Gasteiger partial charge in [0.15, 0.2) is 0 Å². The van der Waals surface area contributed by atoms with Crippen molar-refractivity contribution in [3.63, 3.8) is 0 Å². The third-order valence-electron chi connectivity index (χ3n) is 16.9. The van der Waals surface area contributed by atoms with Gasteiger partial charge in [-0.15, -0.1) is 11.8 Å². The monoisotopic (exact) mass is 1330 g/mol. The van der Waals surface area contributed by atoms with E-state index in [4.69, 9.17) is 0 Å². The number of hydrogen-bond acceptors (Lipinski definition) is 14. The molecule has 25 heteroatoms. The lowest BCUT2D eigenvalue weighted by atomic mass is 9.91. The van der Waals surface area contributed by atoms with Gasteiger partial charge >= 0.3 is 0 Å². The molecule has 0 aliphatic carbocycles. The average molecular weight is 1330 g/mol. The molecule has 93 heavy (non-hydrogen) atoms. The van der Waals surface area contributed by atoms with E-state index in [9.17, 15) is 48.6 Å². The van der Waals surface area contributed by atoms with Crippen LogP contribution < -0.4 is 26.6 Å². The summed E-state index contributed by atoms with van der Waals surface area (Å²) >= 11 is 1.56. The summed E-state index contributed by atoms with van der Waals surface area (Å²) in [6.07, 6.45) is 1.12. The Morgan fingerprint density at radius 2 is 0.935 bits per heavy atom. The van der Waals surface area contributed by atoms with Crippen LogP contribution >= 0.6 is 11.8 Å². The first-order valence-electron chi connectivity index (χ1n) is 32.9. The van der Waals surface area contributed by atoms with Gasteiger partial charge in [0.25, 0.3) is 0 Å². The quantitative estimate of drug-likeness (QED) is 0.0760. The molecule has 0 bridgehead atoms. The molecule has 2 rings (SSSR count). The van der Waals surface area contributed by atoms with Crippen molar-refractivity contribution >= 4 is 76.7 Å². The van der Waals surface area contributed by atoms with Crippen molar-refractivity contribution in [2.45, 2.75) is 227 Å². The maximum absolute atomic E-state index is 15.2. The Morgan fingerprint density at radius 1 is 0.495 bits per heavy atom. The number of nitrogens with zero attached hydrogens (tertiary/aromatic N) is 6. The first kappa shape index (κ1) is 82.5. The Kier molecular flexibility index (Phi) is 34.3. The van der Waals surface area contributed by atoms with Crippen molar-refractivity contribution in [2.75, 3.05) is 54.6 Å². The van der Waals surface area contributed by atoms with Gasteiger partial charge < -0.3 is 66.2 Å². The molecule has 1 aromatic rings. The number of allylic oxidation sites excluding steroid dienone is 2. The van der Waals surface area contributed by atoms with Crippen LogP contribution in [-0.4, -0.2) is 232 Å². The Balaban J connectivity index is 3.02. The topological polar surface area (TPSA) is 308 Å². The molecule has 24 nitrogen and oxygen atoms in total. The van der Waals surface area contributed by atoms with Gasteiger partial charge in [0.05, 0.1) is 18.8 Å². The minimum atomic E-state index is -1.75. The van der Waals surface area contributed by atoms with E-state index in [0.717, 1.165) is 19.6 Å². The van der Waals surface area contributed by atoms with Crippen LogP contribution in [0.1, 0.15) is 149 Å². The van der Waals surface area contributed by atoms with Gasteiger partial charge in [-0.25, -0.2) is 0 Å².